The van der Waals surface area contributed by atoms with E-state index in [-0.39, 0.29) is 11.3 Å². The van der Waals surface area contributed by atoms with Gasteiger partial charge in [-0.2, -0.15) is 0 Å². The number of carboxylic acid groups (broad SMARTS) is 1. The summed E-state index contributed by atoms with van der Waals surface area (Å²) in [6, 6.07) is 2.98. The highest BCUT2D eigenvalue weighted by molar-refractivity contribution is 5.99. The molecule has 27 heavy (non-hydrogen) atoms. The Morgan fingerprint density at radius 3 is 2.15 bits per heavy atom. The van der Waals surface area contributed by atoms with Gasteiger partial charge in [-0.1, -0.05) is 13.0 Å². The first kappa shape index (κ1) is 21.5. The van der Waals surface area contributed by atoms with Crippen molar-refractivity contribution in [2.24, 2.45) is 11.8 Å². The number of nitrogens with one attached hydrogen (secondary N) is 1. The normalized spacial score (nSPS) is 12.6. The Hall–Kier alpha value is -3.50. The van der Waals surface area contributed by atoms with Gasteiger partial charge in [0.15, 0.2) is 5.92 Å². The van der Waals surface area contributed by atoms with Crippen LogP contribution in [0.1, 0.15) is 17.3 Å². The van der Waals surface area contributed by atoms with Crippen molar-refractivity contribution in [1.29, 1.82) is 0 Å². The molecule has 0 bridgehead atoms. The number of hydrogen-bond acceptors (Lipinski definition) is 8. The Labute approximate surface area is 153 Å². The molecular weight excluding hydrogens is 364 g/mol. The molecule has 11 nitrogen and oxygen atoms in total. The summed E-state index contributed by atoms with van der Waals surface area (Å²) in [5, 5.41) is 22.4. The largest absolute Gasteiger partial charge is 0.480 e. The number of rotatable bonds is 8. The molecule has 0 aliphatic rings. The van der Waals surface area contributed by atoms with Gasteiger partial charge in [-0.05, 0) is 6.07 Å². The van der Waals surface area contributed by atoms with Crippen LogP contribution in [-0.4, -0.2) is 54.1 Å². The minimum Gasteiger partial charge on any atom is -0.480 e. The van der Waals surface area contributed by atoms with E-state index in [0.29, 0.717) is 0 Å². The summed E-state index contributed by atoms with van der Waals surface area (Å²) in [6.45, 7) is 1.25. The molecule has 0 heterocycles. The number of nitrogens with zero attached hydrogens (tertiary/aromatic N) is 1. The molecule has 0 saturated heterocycles. The number of carboxylic acids is 1. The highest BCUT2D eigenvalue weighted by atomic mass is 16.6. The molecule has 1 rings (SSSR count). The topological polar surface area (TPSA) is 162 Å². The van der Waals surface area contributed by atoms with E-state index in [2.05, 4.69) is 14.8 Å². The lowest BCUT2D eigenvalue weighted by Crippen LogP contribution is -2.50. The van der Waals surface area contributed by atoms with E-state index in [1.807, 2.05) is 0 Å². The highest BCUT2D eigenvalue weighted by Crippen LogP contribution is 2.21. The van der Waals surface area contributed by atoms with Crippen molar-refractivity contribution >= 4 is 29.5 Å². The molecule has 1 aromatic rings. The average molecular weight is 382 g/mol. The van der Waals surface area contributed by atoms with Crippen LogP contribution in [0.25, 0.3) is 0 Å². The zero-order valence-corrected chi connectivity index (χ0v) is 14.7. The molecule has 0 saturated carbocycles. The predicted octanol–water partition coefficient (Wildman–Crippen LogP) is 0.376. The molecular formula is C16H18N2O9. The number of hydrogen-bond donors (Lipinski definition) is 2. The summed E-state index contributed by atoms with van der Waals surface area (Å²) in [6.07, 6.45) is 0. The average Bonchev–Trinajstić information content (AvgIpc) is 2.65. The maximum Gasteiger partial charge on any atom is 0.326 e. The van der Waals surface area contributed by atoms with Crippen LogP contribution in [0.4, 0.5) is 5.69 Å². The van der Waals surface area contributed by atoms with E-state index in [4.69, 9.17) is 0 Å². The van der Waals surface area contributed by atoms with Crippen LogP contribution in [0, 0.1) is 22.0 Å². The zero-order chi connectivity index (χ0) is 20.7. The van der Waals surface area contributed by atoms with E-state index in [0.717, 1.165) is 20.3 Å². The van der Waals surface area contributed by atoms with Gasteiger partial charge >= 0.3 is 17.9 Å². The van der Waals surface area contributed by atoms with E-state index in [1.165, 1.54) is 25.1 Å². The predicted molar refractivity (Wildman–Crippen MR) is 88.7 cm³/mol. The van der Waals surface area contributed by atoms with Crippen LogP contribution in [0.5, 0.6) is 0 Å². The third kappa shape index (κ3) is 5.23. The van der Waals surface area contributed by atoms with Crippen LogP contribution in [0.3, 0.4) is 0 Å². The van der Waals surface area contributed by atoms with Crippen LogP contribution in [-0.2, 0) is 23.9 Å². The maximum atomic E-state index is 12.3. The SMILES string of the molecule is COC(=O)C(C(=O)OC)[C@H](C)[C@H](NC(=O)c1cccc([N+](=O)[O-])c1)C(=O)O. The van der Waals surface area contributed by atoms with Crippen molar-refractivity contribution in [1.82, 2.24) is 5.32 Å². The van der Waals surface area contributed by atoms with Gasteiger partial charge in [-0.25, -0.2) is 4.79 Å². The number of nitro groups is 1. The molecule has 1 amide bonds. The lowest BCUT2D eigenvalue weighted by molar-refractivity contribution is -0.384. The van der Waals surface area contributed by atoms with Crippen LogP contribution in [0.15, 0.2) is 24.3 Å². The minimum atomic E-state index is -1.67. The minimum absolute atomic E-state index is 0.157. The van der Waals surface area contributed by atoms with Crippen molar-refractivity contribution in [2.75, 3.05) is 14.2 Å². The number of nitro benzene ring substituents is 1. The third-order valence-corrected chi connectivity index (χ3v) is 3.83. The number of benzene rings is 1. The van der Waals surface area contributed by atoms with Crippen molar-refractivity contribution in [3.05, 3.63) is 39.9 Å². The standard InChI is InChI=1S/C16H18N2O9/c1-8(11(15(22)26-2)16(23)27-3)12(14(20)21)17-13(19)9-5-4-6-10(7-9)18(24)25/h4-8,11-12H,1-3H3,(H,17,19)(H,20,21)/t8-,12-/m0/s1. The summed E-state index contributed by atoms with van der Waals surface area (Å²) >= 11 is 0. The zero-order valence-electron chi connectivity index (χ0n) is 14.7. The number of carbonyl (C=O) groups excluding carboxylic acids is 3. The summed E-state index contributed by atoms with van der Waals surface area (Å²) in [5.41, 5.74) is -0.514. The second-order valence-electron chi connectivity index (χ2n) is 5.48. The van der Waals surface area contributed by atoms with E-state index >= 15 is 0 Å². The summed E-state index contributed by atoms with van der Waals surface area (Å²) in [5.74, 6) is -7.31. The number of non-ortho nitro benzene ring substituents is 1. The van der Waals surface area contributed by atoms with Crippen molar-refractivity contribution in [3.8, 4) is 0 Å². The monoisotopic (exact) mass is 382 g/mol. The molecule has 146 valence electrons. The Morgan fingerprint density at radius 2 is 1.70 bits per heavy atom. The van der Waals surface area contributed by atoms with Crippen LogP contribution < -0.4 is 5.32 Å². The molecule has 0 unspecified atom stereocenters. The first-order valence-corrected chi connectivity index (χ1v) is 7.57. The number of esters is 2. The fourth-order valence-electron chi connectivity index (χ4n) is 2.38. The van der Waals surface area contributed by atoms with Gasteiger partial charge in [0.05, 0.1) is 19.1 Å². The van der Waals surface area contributed by atoms with E-state index in [1.54, 1.807) is 0 Å². The Kier molecular flexibility index (Phi) is 7.39. The fourth-order valence-corrected chi connectivity index (χ4v) is 2.38. The highest BCUT2D eigenvalue weighted by Gasteiger charge is 2.42. The van der Waals surface area contributed by atoms with Gasteiger partial charge in [0, 0.05) is 23.6 Å². The van der Waals surface area contributed by atoms with Gasteiger partial charge in [-0.3, -0.25) is 24.5 Å². The van der Waals surface area contributed by atoms with Gasteiger partial charge in [0.25, 0.3) is 11.6 Å². The Morgan fingerprint density at radius 1 is 1.15 bits per heavy atom. The molecule has 0 fully saturated rings. The first-order valence-electron chi connectivity index (χ1n) is 7.57. The molecule has 2 atom stereocenters. The molecule has 1 aromatic carbocycles. The van der Waals surface area contributed by atoms with Gasteiger partial charge in [0.2, 0.25) is 0 Å². The molecule has 0 spiro atoms. The number of ether oxygens (including phenoxy) is 2. The molecule has 0 radical (unpaired) electrons. The van der Waals surface area contributed by atoms with Crippen molar-refractivity contribution in [2.45, 2.75) is 13.0 Å². The van der Waals surface area contributed by atoms with Crippen LogP contribution >= 0.6 is 0 Å². The maximum absolute atomic E-state index is 12.3. The van der Waals surface area contributed by atoms with Crippen LogP contribution in [0.2, 0.25) is 0 Å². The quantitative estimate of drug-likeness (QED) is 0.280. The van der Waals surface area contributed by atoms with E-state index < -0.39 is 46.6 Å². The first-order chi connectivity index (χ1) is 12.6. The Bertz CT molecular complexity index is 746. The number of methoxy groups -OCH3 is 2. The summed E-state index contributed by atoms with van der Waals surface area (Å²) < 4.78 is 9.00. The molecule has 0 aliphatic carbocycles. The number of amides is 1. The Balaban J connectivity index is 3.14. The molecule has 2 N–H and O–H groups in total. The second kappa shape index (κ2) is 9.27. The van der Waals surface area contributed by atoms with Gasteiger partial charge in [-0.15, -0.1) is 0 Å². The van der Waals surface area contributed by atoms with Gasteiger partial charge < -0.3 is 19.9 Å². The molecule has 0 aromatic heterocycles. The fraction of sp³-hybridized carbons (Fsp3) is 0.375. The summed E-state index contributed by atoms with van der Waals surface area (Å²) in [7, 11) is 2.03. The lowest BCUT2D eigenvalue weighted by atomic mass is 9.87. The molecule has 0 aliphatic heterocycles. The van der Waals surface area contributed by atoms with Gasteiger partial charge in [0.1, 0.15) is 6.04 Å². The molecule has 11 heteroatoms. The second-order valence-corrected chi connectivity index (χ2v) is 5.48. The number of aliphatic carboxylic acids is 1. The number of carbonyl (C=O) groups is 4. The van der Waals surface area contributed by atoms with Crippen molar-refractivity contribution < 1.29 is 38.7 Å². The third-order valence-electron chi connectivity index (χ3n) is 3.83. The summed E-state index contributed by atoms with van der Waals surface area (Å²) in [4.78, 5) is 57.7. The lowest BCUT2D eigenvalue weighted by Gasteiger charge is -2.26. The van der Waals surface area contributed by atoms with E-state index in [9.17, 15) is 34.4 Å². The van der Waals surface area contributed by atoms with Crippen molar-refractivity contribution in [3.63, 3.8) is 0 Å². The smallest absolute Gasteiger partial charge is 0.326 e.